The molecule has 0 spiro atoms. The molecule has 0 saturated carbocycles. The van der Waals surface area contributed by atoms with Crippen LogP contribution < -0.4 is 22.9 Å². The van der Waals surface area contributed by atoms with Gasteiger partial charge in [0.05, 0.1) is 13.2 Å². The highest BCUT2D eigenvalue weighted by atomic mass is 16.5. The van der Waals surface area contributed by atoms with E-state index in [2.05, 4.69) is 0 Å². The molecule has 80 valence electrons. The average molecular weight is 194 g/mol. The van der Waals surface area contributed by atoms with Crippen LogP contribution in [0.15, 0.2) is 0 Å². The van der Waals surface area contributed by atoms with E-state index in [1.54, 1.807) is 0 Å². The van der Waals surface area contributed by atoms with E-state index < -0.39 is 11.7 Å². The standard InChI is InChI=1S/C6H18N4O3/c7-5(8,11)1-3-13-4-2-6(9,10)12/h11-12H,1-4,7-10H2. The SMILES string of the molecule is NC(N)(O)CCOCCC(N)(N)O. The Labute approximate surface area is 76.6 Å². The van der Waals surface area contributed by atoms with Gasteiger partial charge in [0, 0.05) is 12.8 Å². The zero-order chi connectivity index (χ0) is 10.5. The highest BCUT2D eigenvalue weighted by Crippen LogP contribution is 1.96. The van der Waals surface area contributed by atoms with Crippen LogP contribution in [0.25, 0.3) is 0 Å². The lowest BCUT2D eigenvalue weighted by atomic mass is 10.3. The van der Waals surface area contributed by atoms with Crippen LogP contribution in [0.1, 0.15) is 12.8 Å². The van der Waals surface area contributed by atoms with Crippen molar-refractivity contribution in [3.8, 4) is 0 Å². The van der Waals surface area contributed by atoms with Crippen molar-refractivity contribution in [2.45, 2.75) is 24.5 Å². The Morgan fingerprint density at radius 3 is 1.38 bits per heavy atom. The molecule has 0 fully saturated rings. The minimum Gasteiger partial charge on any atom is -0.381 e. The molecule has 0 heterocycles. The molecule has 0 aromatic rings. The molecule has 0 aliphatic carbocycles. The fourth-order valence-electron chi connectivity index (χ4n) is 0.573. The summed E-state index contributed by atoms with van der Waals surface area (Å²) in [6.07, 6.45) is 0.196. The molecule has 0 aromatic carbocycles. The van der Waals surface area contributed by atoms with E-state index in [-0.39, 0.29) is 26.1 Å². The van der Waals surface area contributed by atoms with E-state index in [1.165, 1.54) is 0 Å². The fourth-order valence-corrected chi connectivity index (χ4v) is 0.573. The summed E-state index contributed by atoms with van der Waals surface area (Å²) in [5.41, 5.74) is 20.2. The lowest BCUT2D eigenvalue weighted by Gasteiger charge is -2.18. The summed E-state index contributed by atoms with van der Waals surface area (Å²) in [6, 6.07) is 0. The van der Waals surface area contributed by atoms with Crippen LogP contribution in [-0.4, -0.2) is 35.1 Å². The summed E-state index contributed by atoms with van der Waals surface area (Å²) in [6.45, 7) is 0.360. The van der Waals surface area contributed by atoms with E-state index in [0.29, 0.717) is 0 Å². The zero-order valence-corrected chi connectivity index (χ0v) is 7.44. The number of rotatable bonds is 6. The molecule has 0 aliphatic rings. The van der Waals surface area contributed by atoms with Gasteiger partial charge < -0.3 is 14.9 Å². The summed E-state index contributed by atoms with van der Waals surface area (Å²) < 4.78 is 4.95. The molecular formula is C6H18N4O3. The van der Waals surface area contributed by atoms with E-state index in [4.69, 9.17) is 37.9 Å². The van der Waals surface area contributed by atoms with Crippen LogP contribution >= 0.6 is 0 Å². The molecule has 0 rings (SSSR count). The van der Waals surface area contributed by atoms with Crippen LogP contribution in [0, 0.1) is 0 Å². The maximum atomic E-state index is 8.85. The number of nitrogens with two attached hydrogens (primary N) is 4. The van der Waals surface area contributed by atoms with Gasteiger partial charge in [-0.25, -0.2) is 0 Å². The molecule has 0 saturated heterocycles. The summed E-state index contributed by atoms with van der Waals surface area (Å²) in [4.78, 5) is 0. The van der Waals surface area contributed by atoms with E-state index in [0.717, 1.165) is 0 Å². The Morgan fingerprint density at radius 1 is 0.846 bits per heavy atom. The summed E-state index contributed by atoms with van der Waals surface area (Å²) >= 11 is 0. The molecule has 0 atom stereocenters. The van der Waals surface area contributed by atoms with Gasteiger partial charge in [-0.3, -0.25) is 22.9 Å². The minimum absolute atomic E-state index is 0.0978. The Kier molecular flexibility index (Phi) is 4.71. The van der Waals surface area contributed by atoms with Gasteiger partial charge >= 0.3 is 0 Å². The largest absolute Gasteiger partial charge is 0.381 e. The van der Waals surface area contributed by atoms with Gasteiger partial charge in [-0.1, -0.05) is 0 Å². The van der Waals surface area contributed by atoms with Crippen molar-refractivity contribution in [3.63, 3.8) is 0 Å². The molecular weight excluding hydrogens is 176 g/mol. The summed E-state index contributed by atoms with van der Waals surface area (Å²) in [5.74, 6) is -3.44. The van der Waals surface area contributed by atoms with Crippen LogP contribution in [0.3, 0.4) is 0 Å². The first-order chi connectivity index (χ1) is 5.71. The van der Waals surface area contributed by atoms with Crippen molar-refractivity contribution in [1.29, 1.82) is 0 Å². The zero-order valence-electron chi connectivity index (χ0n) is 7.44. The van der Waals surface area contributed by atoms with Gasteiger partial charge in [0.25, 0.3) is 0 Å². The van der Waals surface area contributed by atoms with Gasteiger partial charge in [-0.2, -0.15) is 0 Å². The van der Waals surface area contributed by atoms with Crippen LogP contribution in [0.2, 0.25) is 0 Å². The summed E-state index contributed by atoms with van der Waals surface area (Å²) in [7, 11) is 0. The molecule has 10 N–H and O–H groups in total. The Bertz CT molecular complexity index is 124. The van der Waals surface area contributed by atoms with Gasteiger partial charge in [-0.05, 0) is 0 Å². The second-order valence-electron chi connectivity index (χ2n) is 3.09. The second-order valence-corrected chi connectivity index (χ2v) is 3.09. The Balaban J connectivity index is 3.28. The van der Waals surface area contributed by atoms with Gasteiger partial charge in [0.2, 0.25) is 0 Å². The third kappa shape index (κ3) is 11.7. The van der Waals surface area contributed by atoms with Crippen LogP contribution in [0.4, 0.5) is 0 Å². The Morgan fingerprint density at radius 2 is 1.15 bits per heavy atom. The monoisotopic (exact) mass is 194 g/mol. The first-order valence-electron chi connectivity index (χ1n) is 3.89. The van der Waals surface area contributed by atoms with Crippen molar-refractivity contribution in [2.75, 3.05) is 13.2 Å². The van der Waals surface area contributed by atoms with Crippen molar-refractivity contribution >= 4 is 0 Å². The quantitative estimate of drug-likeness (QED) is 0.193. The van der Waals surface area contributed by atoms with Crippen molar-refractivity contribution in [1.82, 2.24) is 0 Å². The molecule has 7 nitrogen and oxygen atoms in total. The molecule has 0 unspecified atom stereocenters. The van der Waals surface area contributed by atoms with Crippen molar-refractivity contribution in [3.05, 3.63) is 0 Å². The third-order valence-electron chi connectivity index (χ3n) is 1.29. The van der Waals surface area contributed by atoms with Gasteiger partial charge in [-0.15, -0.1) is 0 Å². The maximum Gasteiger partial charge on any atom is 0.168 e. The number of hydrogen-bond acceptors (Lipinski definition) is 7. The average Bonchev–Trinajstić information content (AvgIpc) is 1.81. The number of hydrogen-bond donors (Lipinski definition) is 6. The number of ether oxygens (including phenoxy) is 1. The van der Waals surface area contributed by atoms with Crippen molar-refractivity contribution < 1.29 is 14.9 Å². The van der Waals surface area contributed by atoms with E-state index >= 15 is 0 Å². The normalized spacial score (nSPS) is 13.4. The Hall–Kier alpha value is -0.280. The van der Waals surface area contributed by atoms with Gasteiger partial charge in [0.15, 0.2) is 11.7 Å². The lowest BCUT2D eigenvalue weighted by molar-refractivity contribution is -0.0145. The predicted molar refractivity (Wildman–Crippen MR) is 46.7 cm³/mol. The maximum absolute atomic E-state index is 8.85. The van der Waals surface area contributed by atoms with Gasteiger partial charge in [0.1, 0.15) is 0 Å². The molecule has 7 heteroatoms. The second kappa shape index (κ2) is 4.82. The molecule has 0 aliphatic heterocycles. The summed E-state index contributed by atoms with van der Waals surface area (Å²) in [5, 5.41) is 17.7. The first kappa shape index (κ1) is 12.7. The highest BCUT2D eigenvalue weighted by molar-refractivity contribution is 4.61. The van der Waals surface area contributed by atoms with Crippen LogP contribution in [0.5, 0.6) is 0 Å². The third-order valence-corrected chi connectivity index (χ3v) is 1.29. The van der Waals surface area contributed by atoms with E-state index in [9.17, 15) is 0 Å². The first-order valence-corrected chi connectivity index (χ1v) is 3.89. The lowest BCUT2D eigenvalue weighted by Crippen LogP contribution is -2.50. The topological polar surface area (TPSA) is 154 Å². The van der Waals surface area contributed by atoms with Crippen molar-refractivity contribution in [2.24, 2.45) is 22.9 Å². The minimum atomic E-state index is -1.72. The van der Waals surface area contributed by atoms with E-state index in [1.807, 2.05) is 0 Å². The molecule has 0 amide bonds. The fraction of sp³-hybridized carbons (Fsp3) is 1.00. The van der Waals surface area contributed by atoms with Crippen LogP contribution in [-0.2, 0) is 4.74 Å². The predicted octanol–water partition coefficient (Wildman–Crippen LogP) is -3.09. The molecule has 0 aromatic heterocycles. The number of aliphatic hydroxyl groups is 2. The molecule has 0 bridgehead atoms. The molecule has 0 radical (unpaired) electrons. The molecule has 13 heavy (non-hydrogen) atoms. The highest BCUT2D eigenvalue weighted by Gasteiger charge is 2.15. The smallest absolute Gasteiger partial charge is 0.168 e.